The average molecular weight is 285 g/mol. The summed E-state index contributed by atoms with van der Waals surface area (Å²) in [6, 6.07) is 8.16. The van der Waals surface area contributed by atoms with E-state index >= 15 is 0 Å². The second-order valence-corrected chi connectivity index (χ2v) is 4.13. The maximum absolute atomic E-state index is 11.5. The highest BCUT2D eigenvalue weighted by Crippen LogP contribution is 2.16. The molecule has 0 unspecified atom stereocenters. The molecule has 1 rings (SSSR count). The number of esters is 2. The van der Waals surface area contributed by atoms with Gasteiger partial charge >= 0.3 is 11.9 Å². The van der Waals surface area contributed by atoms with E-state index in [0.717, 1.165) is 0 Å². The predicted molar refractivity (Wildman–Crippen MR) is 77.1 cm³/mol. The Morgan fingerprint density at radius 3 is 2.38 bits per heavy atom. The van der Waals surface area contributed by atoms with Crippen molar-refractivity contribution in [2.45, 2.75) is 13.8 Å². The van der Waals surface area contributed by atoms with Gasteiger partial charge in [-0.2, -0.15) is 5.26 Å². The lowest BCUT2D eigenvalue weighted by Crippen LogP contribution is -2.08. The van der Waals surface area contributed by atoms with Gasteiger partial charge in [0, 0.05) is 5.57 Å². The Kier molecular flexibility index (Phi) is 5.90. The number of hydrogen-bond acceptors (Lipinski definition) is 5. The van der Waals surface area contributed by atoms with Gasteiger partial charge in [-0.05, 0) is 37.6 Å². The first-order valence-electron chi connectivity index (χ1n) is 6.24. The van der Waals surface area contributed by atoms with Crippen molar-refractivity contribution in [1.29, 1.82) is 5.26 Å². The van der Waals surface area contributed by atoms with E-state index in [1.54, 1.807) is 44.2 Å². The molecule has 1 aromatic carbocycles. The van der Waals surface area contributed by atoms with E-state index in [9.17, 15) is 9.59 Å². The van der Waals surface area contributed by atoms with Gasteiger partial charge in [0.15, 0.2) is 0 Å². The molecule has 0 spiro atoms. The Balaban J connectivity index is 2.87. The topological polar surface area (TPSA) is 76.4 Å². The lowest BCUT2D eigenvalue weighted by molar-refractivity contribution is -0.138. The molecule has 5 nitrogen and oxygen atoms in total. The quantitative estimate of drug-likeness (QED) is 0.360. The molecule has 0 bridgehead atoms. The van der Waals surface area contributed by atoms with Gasteiger partial charge in [0.1, 0.15) is 17.4 Å². The molecule has 0 saturated carbocycles. The molecule has 0 N–H and O–H groups in total. The molecule has 0 aliphatic heterocycles. The fourth-order valence-electron chi connectivity index (χ4n) is 1.34. The highest BCUT2D eigenvalue weighted by Gasteiger charge is 2.10. The van der Waals surface area contributed by atoms with Crippen LogP contribution < -0.4 is 4.74 Å². The summed E-state index contributed by atoms with van der Waals surface area (Å²) in [5.74, 6) is -0.824. The van der Waals surface area contributed by atoms with Gasteiger partial charge in [-0.3, -0.25) is 0 Å². The van der Waals surface area contributed by atoms with Crippen LogP contribution in [0.2, 0.25) is 0 Å². The monoisotopic (exact) mass is 285 g/mol. The summed E-state index contributed by atoms with van der Waals surface area (Å²) in [5, 5.41) is 8.92. The summed E-state index contributed by atoms with van der Waals surface area (Å²) < 4.78 is 9.79. The van der Waals surface area contributed by atoms with Gasteiger partial charge in [-0.15, -0.1) is 0 Å². The molecule has 0 aliphatic carbocycles. The first kappa shape index (κ1) is 16.2. The fraction of sp³-hybridized carbons (Fsp3) is 0.188. The predicted octanol–water partition coefficient (Wildman–Crippen LogP) is 2.64. The summed E-state index contributed by atoms with van der Waals surface area (Å²) in [4.78, 5) is 22.8. The minimum absolute atomic E-state index is 0.0940. The molecular weight excluding hydrogens is 270 g/mol. The number of nitrogens with zero attached hydrogens (tertiary/aromatic N) is 1. The normalized spacial score (nSPS) is 10.4. The summed E-state index contributed by atoms with van der Waals surface area (Å²) >= 11 is 0. The van der Waals surface area contributed by atoms with Crippen molar-refractivity contribution in [3.63, 3.8) is 0 Å². The molecule has 0 aromatic heterocycles. The molecule has 0 amide bonds. The highest BCUT2D eigenvalue weighted by atomic mass is 16.5. The SMILES string of the molecule is C=C(C)C(=O)Oc1ccc(C=C(C#N)C(=O)OCC)cc1. The van der Waals surface area contributed by atoms with Gasteiger partial charge in [-0.1, -0.05) is 18.7 Å². The number of benzene rings is 1. The van der Waals surface area contributed by atoms with E-state index < -0.39 is 11.9 Å². The van der Waals surface area contributed by atoms with E-state index in [2.05, 4.69) is 6.58 Å². The smallest absolute Gasteiger partial charge is 0.348 e. The zero-order valence-corrected chi connectivity index (χ0v) is 11.9. The molecule has 0 atom stereocenters. The Bertz CT molecular complexity index is 621. The first-order chi connectivity index (χ1) is 9.97. The van der Waals surface area contributed by atoms with Gasteiger partial charge in [0.25, 0.3) is 0 Å². The lowest BCUT2D eigenvalue weighted by Gasteiger charge is -2.04. The number of nitriles is 1. The second-order valence-electron chi connectivity index (χ2n) is 4.13. The third-order valence-electron chi connectivity index (χ3n) is 2.37. The fourth-order valence-corrected chi connectivity index (χ4v) is 1.34. The number of hydrogen-bond donors (Lipinski definition) is 0. The third kappa shape index (κ3) is 4.96. The van der Waals surface area contributed by atoms with E-state index in [-0.39, 0.29) is 12.2 Å². The number of carbonyl (C=O) groups excluding carboxylic acids is 2. The summed E-state index contributed by atoms with van der Waals surface area (Å²) in [6.07, 6.45) is 1.41. The minimum atomic E-state index is -0.669. The van der Waals surface area contributed by atoms with Crippen molar-refractivity contribution in [3.05, 3.63) is 47.6 Å². The van der Waals surface area contributed by atoms with E-state index in [1.165, 1.54) is 6.08 Å². The zero-order valence-electron chi connectivity index (χ0n) is 11.9. The summed E-state index contributed by atoms with van der Waals surface area (Å²) in [6.45, 7) is 6.90. The van der Waals surface area contributed by atoms with Crippen LogP contribution >= 0.6 is 0 Å². The molecule has 21 heavy (non-hydrogen) atoms. The molecule has 1 aromatic rings. The van der Waals surface area contributed by atoms with Crippen LogP contribution in [0.5, 0.6) is 5.75 Å². The Morgan fingerprint density at radius 1 is 1.29 bits per heavy atom. The van der Waals surface area contributed by atoms with Gasteiger partial charge in [0.2, 0.25) is 0 Å². The van der Waals surface area contributed by atoms with Crippen LogP contribution in [0.4, 0.5) is 0 Å². The highest BCUT2D eigenvalue weighted by molar-refractivity contribution is 5.97. The molecule has 0 aliphatic rings. The summed E-state index contributed by atoms with van der Waals surface area (Å²) in [5.41, 5.74) is 0.825. The van der Waals surface area contributed by atoms with E-state index in [4.69, 9.17) is 14.7 Å². The van der Waals surface area contributed by atoms with Crippen LogP contribution in [0, 0.1) is 11.3 Å². The van der Waals surface area contributed by atoms with E-state index in [0.29, 0.717) is 16.9 Å². The number of ether oxygens (including phenoxy) is 2. The van der Waals surface area contributed by atoms with Crippen molar-refractivity contribution in [1.82, 2.24) is 0 Å². The number of rotatable bonds is 5. The zero-order chi connectivity index (χ0) is 15.8. The Labute approximate surface area is 123 Å². The molecular formula is C16H15NO4. The van der Waals surface area contributed by atoms with Crippen molar-refractivity contribution in [2.24, 2.45) is 0 Å². The number of carbonyl (C=O) groups is 2. The van der Waals surface area contributed by atoms with Crippen molar-refractivity contribution >= 4 is 18.0 Å². The third-order valence-corrected chi connectivity index (χ3v) is 2.37. The van der Waals surface area contributed by atoms with Gasteiger partial charge in [-0.25, -0.2) is 9.59 Å². The van der Waals surface area contributed by atoms with Crippen LogP contribution in [-0.4, -0.2) is 18.5 Å². The second kappa shape index (κ2) is 7.65. The van der Waals surface area contributed by atoms with E-state index in [1.807, 2.05) is 0 Å². The van der Waals surface area contributed by atoms with Crippen LogP contribution in [0.15, 0.2) is 42.0 Å². The van der Waals surface area contributed by atoms with Crippen LogP contribution in [0.25, 0.3) is 6.08 Å². The molecule has 0 heterocycles. The van der Waals surface area contributed by atoms with Crippen molar-refractivity contribution in [3.8, 4) is 11.8 Å². The molecule has 0 saturated heterocycles. The molecule has 5 heteroatoms. The standard InChI is InChI=1S/C16H15NO4/c1-4-20-16(19)13(10-17)9-12-5-7-14(8-6-12)21-15(18)11(2)3/h5-9H,2,4H2,1,3H3. The Hall–Kier alpha value is -2.87. The average Bonchev–Trinajstić information content (AvgIpc) is 2.46. The minimum Gasteiger partial charge on any atom is -0.462 e. The van der Waals surface area contributed by atoms with Gasteiger partial charge in [0.05, 0.1) is 6.61 Å². The van der Waals surface area contributed by atoms with Crippen LogP contribution in [-0.2, 0) is 14.3 Å². The first-order valence-corrected chi connectivity index (χ1v) is 6.24. The maximum Gasteiger partial charge on any atom is 0.348 e. The lowest BCUT2D eigenvalue weighted by atomic mass is 10.1. The van der Waals surface area contributed by atoms with Crippen LogP contribution in [0.3, 0.4) is 0 Å². The van der Waals surface area contributed by atoms with Crippen molar-refractivity contribution < 1.29 is 19.1 Å². The Morgan fingerprint density at radius 2 is 1.90 bits per heavy atom. The maximum atomic E-state index is 11.5. The summed E-state index contributed by atoms with van der Waals surface area (Å²) in [7, 11) is 0. The van der Waals surface area contributed by atoms with Crippen molar-refractivity contribution in [2.75, 3.05) is 6.61 Å². The largest absolute Gasteiger partial charge is 0.462 e. The molecule has 0 fully saturated rings. The molecule has 108 valence electrons. The molecule has 0 radical (unpaired) electrons. The van der Waals surface area contributed by atoms with Gasteiger partial charge < -0.3 is 9.47 Å². The van der Waals surface area contributed by atoms with Crippen LogP contribution in [0.1, 0.15) is 19.4 Å².